The highest BCUT2D eigenvalue weighted by atomic mass is 35.5. The molecule has 0 bridgehead atoms. The van der Waals surface area contributed by atoms with Gasteiger partial charge in [0.15, 0.2) is 0 Å². The summed E-state index contributed by atoms with van der Waals surface area (Å²) in [5, 5.41) is 7.38. The van der Waals surface area contributed by atoms with Crippen molar-refractivity contribution in [3.63, 3.8) is 0 Å². The zero-order valence-corrected chi connectivity index (χ0v) is 22.6. The zero-order valence-electron chi connectivity index (χ0n) is 21.1. The van der Waals surface area contributed by atoms with E-state index in [1.54, 1.807) is 12.1 Å². The Balaban J connectivity index is 1.66. The topological polar surface area (TPSA) is 97.1 Å². The molecule has 2 aromatic heterocycles. The van der Waals surface area contributed by atoms with Crippen molar-refractivity contribution in [1.29, 1.82) is 0 Å². The largest absolute Gasteiger partial charge is 0.397 e. The summed E-state index contributed by atoms with van der Waals surface area (Å²) < 4.78 is 0. The van der Waals surface area contributed by atoms with E-state index in [-0.39, 0.29) is 17.9 Å². The molecule has 1 aliphatic carbocycles. The smallest absolute Gasteiger partial charge is 0.263 e. The molecule has 5 rings (SSSR count). The quantitative estimate of drug-likeness (QED) is 0.256. The molecule has 0 unspecified atom stereocenters. The van der Waals surface area contributed by atoms with E-state index in [4.69, 9.17) is 22.3 Å². The van der Waals surface area contributed by atoms with Gasteiger partial charge in [-0.05, 0) is 62.9 Å². The molecule has 0 aliphatic heterocycles. The van der Waals surface area contributed by atoms with Crippen LogP contribution in [0.15, 0.2) is 42.5 Å². The number of nitrogens with zero attached hydrogens (tertiary/aromatic N) is 1. The minimum Gasteiger partial charge on any atom is -0.397 e. The number of benzene rings is 2. The first-order valence-electron chi connectivity index (χ1n) is 12.4. The molecule has 37 heavy (non-hydrogen) atoms. The number of carbonyl (C=O) groups excluding carboxylic acids is 2. The highest BCUT2D eigenvalue weighted by Gasteiger charge is 2.28. The fourth-order valence-corrected chi connectivity index (χ4v) is 6.26. The maximum Gasteiger partial charge on any atom is 0.263 e. The second-order valence-corrected chi connectivity index (χ2v) is 11.1. The van der Waals surface area contributed by atoms with E-state index in [9.17, 15) is 9.59 Å². The maximum absolute atomic E-state index is 13.8. The zero-order chi connectivity index (χ0) is 26.3. The molecular formula is C29H29ClN4O2S. The van der Waals surface area contributed by atoms with Gasteiger partial charge >= 0.3 is 0 Å². The Morgan fingerprint density at radius 2 is 1.73 bits per heavy atom. The van der Waals surface area contributed by atoms with Crippen LogP contribution in [0, 0.1) is 20.8 Å². The van der Waals surface area contributed by atoms with Crippen LogP contribution in [0.2, 0.25) is 5.02 Å². The van der Waals surface area contributed by atoms with Gasteiger partial charge in [0.2, 0.25) is 0 Å². The number of nitrogen functional groups attached to an aromatic ring is 1. The van der Waals surface area contributed by atoms with E-state index < -0.39 is 0 Å². The summed E-state index contributed by atoms with van der Waals surface area (Å²) in [4.78, 5) is 32.8. The number of halogens is 1. The van der Waals surface area contributed by atoms with Crippen molar-refractivity contribution in [2.75, 3.05) is 11.1 Å². The van der Waals surface area contributed by atoms with Crippen LogP contribution in [0.3, 0.4) is 0 Å². The number of nitrogens with one attached hydrogen (secondary N) is 2. The van der Waals surface area contributed by atoms with Gasteiger partial charge in [-0.1, -0.05) is 54.3 Å². The van der Waals surface area contributed by atoms with Crippen molar-refractivity contribution in [3.8, 4) is 11.1 Å². The van der Waals surface area contributed by atoms with E-state index in [1.165, 1.54) is 11.3 Å². The van der Waals surface area contributed by atoms with Gasteiger partial charge in [-0.25, -0.2) is 4.98 Å². The molecule has 2 heterocycles. The van der Waals surface area contributed by atoms with Gasteiger partial charge in [-0.15, -0.1) is 11.3 Å². The lowest BCUT2D eigenvalue weighted by molar-refractivity contribution is 0.0942. The van der Waals surface area contributed by atoms with Crippen molar-refractivity contribution in [2.45, 2.75) is 52.5 Å². The molecule has 1 fully saturated rings. The molecule has 1 saturated carbocycles. The molecule has 0 atom stereocenters. The van der Waals surface area contributed by atoms with Gasteiger partial charge in [0.05, 0.1) is 16.9 Å². The number of fused-ring (bicyclic) bond motifs is 1. The Hall–Kier alpha value is -3.42. The molecule has 2 amide bonds. The molecular weight excluding hydrogens is 504 g/mol. The van der Waals surface area contributed by atoms with Crippen LogP contribution < -0.4 is 16.4 Å². The summed E-state index contributed by atoms with van der Waals surface area (Å²) in [7, 11) is 0. The fraction of sp³-hybridized carbons (Fsp3) is 0.276. The van der Waals surface area contributed by atoms with Crippen LogP contribution >= 0.6 is 22.9 Å². The minimum atomic E-state index is -0.286. The number of thiophene rings is 1. The lowest BCUT2D eigenvalue weighted by Crippen LogP contribution is -2.32. The van der Waals surface area contributed by atoms with E-state index in [1.807, 2.05) is 51.1 Å². The molecule has 6 nitrogen and oxygen atoms in total. The van der Waals surface area contributed by atoms with Crippen LogP contribution in [0.5, 0.6) is 0 Å². The first-order chi connectivity index (χ1) is 17.7. The lowest BCUT2D eigenvalue weighted by Gasteiger charge is -2.16. The standard InChI is InChI=1S/C29H29ClN4O2S/c1-15-8-13-21(16(2)14-15)34-27(35)22-17(3)32-29-24(23(22)18-9-11-19(30)12-10-18)25(31)26(37-29)28(36)33-20-6-4-5-7-20/h8-14,20H,4-7,31H2,1-3H3,(H,33,36)(H,34,35). The van der Waals surface area contributed by atoms with Gasteiger partial charge in [-0.2, -0.15) is 0 Å². The average molecular weight is 533 g/mol. The van der Waals surface area contributed by atoms with Crippen LogP contribution in [-0.2, 0) is 0 Å². The van der Waals surface area contributed by atoms with E-state index >= 15 is 0 Å². The van der Waals surface area contributed by atoms with Crippen molar-refractivity contribution in [2.24, 2.45) is 0 Å². The predicted octanol–water partition coefficient (Wildman–Crippen LogP) is 7.05. The second-order valence-electron chi connectivity index (χ2n) is 9.71. The van der Waals surface area contributed by atoms with Gasteiger partial charge < -0.3 is 16.4 Å². The number of nitrogens with two attached hydrogens (primary N) is 1. The predicted molar refractivity (Wildman–Crippen MR) is 153 cm³/mol. The number of rotatable bonds is 5. The molecule has 0 radical (unpaired) electrons. The summed E-state index contributed by atoms with van der Waals surface area (Å²) in [5.74, 6) is -0.472. The Labute approximate surface area is 225 Å². The van der Waals surface area contributed by atoms with Gasteiger partial charge in [-0.3, -0.25) is 9.59 Å². The second kappa shape index (κ2) is 10.1. The van der Waals surface area contributed by atoms with Crippen molar-refractivity contribution in [3.05, 3.63) is 74.7 Å². The Bertz CT molecular complexity index is 1520. The summed E-state index contributed by atoms with van der Waals surface area (Å²) >= 11 is 7.44. The van der Waals surface area contributed by atoms with Gasteiger partial charge in [0.25, 0.3) is 11.8 Å². The average Bonchev–Trinajstić information content (AvgIpc) is 3.48. The summed E-state index contributed by atoms with van der Waals surface area (Å²) in [6.45, 7) is 5.78. The lowest BCUT2D eigenvalue weighted by atomic mass is 9.94. The minimum absolute atomic E-state index is 0.168. The number of amides is 2. The number of aromatic nitrogens is 1. The maximum atomic E-state index is 13.8. The number of anilines is 2. The molecule has 4 aromatic rings. The number of carbonyl (C=O) groups is 2. The Morgan fingerprint density at radius 3 is 2.41 bits per heavy atom. The van der Waals surface area contributed by atoms with E-state index in [0.29, 0.717) is 42.6 Å². The van der Waals surface area contributed by atoms with E-state index in [0.717, 1.165) is 48.1 Å². The third kappa shape index (κ3) is 4.93. The molecule has 0 spiro atoms. The third-order valence-electron chi connectivity index (χ3n) is 6.94. The monoisotopic (exact) mass is 532 g/mol. The van der Waals surface area contributed by atoms with Crippen LogP contribution in [0.4, 0.5) is 11.4 Å². The molecule has 4 N–H and O–H groups in total. The first-order valence-corrected chi connectivity index (χ1v) is 13.6. The highest BCUT2D eigenvalue weighted by Crippen LogP contribution is 2.42. The van der Waals surface area contributed by atoms with Gasteiger partial charge in [0, 0.05) is 27.7 Å². The number of aryl methyl sites for hydroxylation is 3. The molecule has 190 valence electrons. The van der Waals surface area contributed by atoms with Crippen LogP contribution in [-0.4, -0.2) is 22.8 Å². The van der Waals surface area contributed by atoms with Crippen LogP contribution in [0.25, 0.3) is 21.3 Å². The Morgan fingerprint density at radius 1 is 1.03 bits per heavy atom. The van der Waals surface area contributed by atoms with Crippen molar-refractivity contribution >= 4 is 56.3 Å². The normalized spacial score (nSPS) is 13.7. The summed E-state index contributed by atoms with van der Waals surface area (Å²) in [5.41, 5.74) is 12.2. The summed E-state index contributed by atoms with van der Waals surface area (Å²) in [6, 6.07) is 13.3. The van der Waals surface area contributed by atoms with Gasteiger partial charge in [0.1, 0.15) is 9.71 Å². The molecule has 8 heteroatoms. The summed E-state index contributed by atoms with van der Waals surface area (Å²) in [6.07, 6.45) is 4.19. The van der Waals surface area contributed by atoms with E-state index in [2.05, 4.69) is 10.6 Å². The van der Waals surface area contributed by atoms with Crippen LogP contribution in [0.1, 0.15) is 62.5 Å². The highest BCUT2D eigenvalue weighted by molar-refractivity contribution is 7.21. The molecule has 1 aliphatic rings. The third-order valence-corrected chi connectivity index (χ3v) is 8.29. The Kier molecular flexibility index (Phi) is 6.92. The molecule has 2 aromatic carbocycles. The van der Waals surface area contributed by atoms with Crippen molar-refractivity contribution < 1.29 is 9.59 Å². The van der Waals surface area contributed by atoms with Crippen molar-refractivity contribution in [1.82, 2.24) is 10.3 Å². The number of pyridine rings is 1. The number of hydrogen-bond acceptors (Lipinski definition) is 5. The fourth-order valence-electron chi connectivity index (χ4n) is 5.08. The number of hydrogen-bond donors (Lipinski definition) is 3. The molecule has 0 saturated heterocycles. The SMILES string of the molecule is Cc1ccc(NC(=O)c2c(C)nc3sc(C(=O)NC4CCCC4)c(N)c3c2-c2ccc(Cl)cc2)c(C)c1. The first kappa shape index (κ1) is 25.2.